The van der Waals surface area contributed by atoms with E-state index in [0.29, 0.717) is 19.0 Å². The van der Waals surface area contributed by atoms with E-state index in [1.807, 2.05) is 41.3 Å². The highest BCUT2D eigenvalue weighted by Crippen LogP contribution is 2.39. The van der Waals surface area contributed by atoms with E-state index in [-0.39, 0.29) is 11.9 Å². The van der Waals surface area contributed by atoms with Crippen molar-refractivity contribution in [3.63, 3.8) is 0 Å². The molecule has 154 valence electrons. The van der Waals surface area contributed by atoms with Crippen molar-refractivity contribution >= 4 is 17.7 Å². The van der Waals surface area contributed by atoms with Gasteiger partial charge in [-0.15, -0.1) is 11.8 Å². The first-order valence-electron chi connectivity index (χ1n) is 9.73. The van der Waals surface area contributed by atoms with Crippen molar-refractivity contribution in [2.45, 2.75) is 23.8 Å². The second kappa shape index (κ2) is 8.86. The predicted molar refractivity (Wildman–Crippen MR) is 111 cm³/mol. The van der Waals surface area contributed by atoms with Crippen LogP contribution in [0.3, 0.4) is 0 Å². The van der Waals surface area contributed by atoms with Gasteiger partial charge in [0.05, 0.1) is 26.0 Å². The largest absolute Gasteiger partial charge is 0.497 e. The summed E-state index contributed by atoms with van der Waals surface area (Å²) >= 11 is 1.52. The van der Waals surface area contributed by atoms with Gasteiger partial charge in [0, 0.05) is 23.1 Å². The van der Waals surface area contributed by atoms with E-state index in [2.05, 4.69) is 0 Å². The second-order valence-corrected chi connectivity index (χ2v) is 8.00. The third-order valence-electron chi connectivity index (χ3n) is 5.25. The van der Waals surface area contributed by atoms with E-state index in [1.54, 1.807) is 14.2 Å². The van der Waals surface area contributed by atoms with Crippen LogP contribution < -0.4 is 18.9 Å². The number of hydrogen-bond acceptors (Lipinski definition) is 6. The molecule has 0 N–H and O–H groups in total. The smallest absolute Gasteiger partial charge is 0.233 e. The Balaban J connectivity index is 1.44. The van der Waals surface area contributed by atoms with E-state index in [9.17, 15) is 4.79 Å². The maximum absolute atomic E-state index is 13.0. The van der Waals surface area contributed by atoms with Crippen LogP contribution in [0, 0.1) is 0 Å². The Hall–Kier alpha value is -2.54. The topological polar surface area (TPSA) is 57.2 Å². The minimum Gasteiger partial charge on any atom is -0.497 e. The number of methoxy groups -OCH3 is 2. The van der Waals surface area contributed by atoms with Crippen LogP contribution in [0.15, 0.2) is 41.3 Å². The molecule has 0 aliphatic carbocycles. The van der Waals surface area contributed by atoms with E-state index >= 15 is 0 Å². The Morgan fingerprint density at radius 1 is 1.10 bits per heavy atom. The summed E-state index contributed by atoms with van der Waals surface area (Å²) in [7, 11) is 3.28. The van der Waals surface area contributed by atoms with Gasteiger partial charge in [0.25, 0.3) is 0 Å². The predicted octanol–water partition coefficient (Wildman–Crippen LogP) is 3.93. The van der Waals surface area contributed by atoms with Gasteiger partial charge in [-0.25, -0.2) is 0 Å². The highest BCUT2D eigenvalue weighted by molar-refractivity contribution is 8.00. The minimum atomic E-state index is 0.0317. The summed E-state index contributed by atoms with van der Waals surface area (Å²) in [6.07, 6.45) is 1.92. The first-order chi connectivity index (χ1) is 14.2. The lowest BCUT2D eigenvalue weighted by Gasteiger charge is -2.26. The van der Waals surface area contributed by atoms with E-state index in [4.69, 9.17) is 18.9 Å². The lowest BCUT2D eigenvalue weighted by Crippen LogP contribution is -2.32. The molecule has 0 radical (unpaired) electrons. The van der Waals surface area contributed by atoms with Gasteiger partial charge in [-0.1, -0.05) is 0 Å². The highest BCUT2D eigenvalue weighted by Gasteiger charge is 2.32. The van der Waals surface area contributed by atoms with Gasteiger partial charge in [-0.3, -0.25) is 4.79 Å². The number of rotatable bonds is 6. The summed E-state index contributed by atoms with van der Waals surface area (Å²) in [4.78, 5) is 16.0. The van der Waals surface area contributed by atoms with Crippen LogP contribution in [0.1, 0.15) is 24.4 Å². The molecule has 6 nitrogen and oxygen atoms in total. The number of hydrogen-bond donors (Lipinski definition) is 0. The molecule has 1 saturated heterocycles. The maximum Gasteiger partial charge on any atom is 0.233 e. The molecule has 0 spiro atoms. The van der Waals surface area contributed by atoms with Gasteiger partial charge < -0.3 is 23.8 Å². The van der Waals surface area contributed by atoms with Crippen molar-refractivity contribution < 1.29 is 23.7 Å². The van der Waals surface area contributed by atoms with E-state index in [0.717, 1.165) is 52.8 Å². The fraction of sp³-hybridized carbons (Fsp3) is 0.409. The lowest BCUT2D eigenvalue weighted by molar-refractivity contribution is -0.129. The lowest BCUT2D eigenvalue weighted by atomic mass is 10.0. The fourth-order valence-corrected chi connectivity index (χ4v) is 4.63. The van der Waals surface area contributed by atoms with Gasteiger partial charge >= 0.3 is 0 Å². The molecule has 2 aromatic rings. The van der Waals surface area contributed by atoms with Gasteiger partial charge in [0.1, 0.15) is 24.7 Å². The van der Waals surface area contributed by atoms with Crippen LogP contribution in [-0.4, -0.2) is 50.5 Å². The van der Waals surface area contributed by atoms with Gasteiger partial charge in [0.15, 0.2) is 11.5 Å². The Bertz CT molecular complexity index is 888. The summed E-state index contributed by atoms with van der Waals surface area (Å²) in [5.74, 6) is 3.53. The molecular formula is C22H25NO5S. The van der Waals surface area contributed by atoms with Crippen LogP contribution in [0.4, 0.5) is 0 Å². The Kier molecular flexibility index (Phi) is 6.04. The SMILES string of the molecule is COc1ccc(C2CCCN2C(=O)CSc2ccc3c(c2)OCCO3)c(OC)c1. The van der Waals surface area contributed by atoms with Crippen molar-refractivity contribution in [1.82, 2.24) is 4.90 Å². The second-order valence-electron chi connectivity index (χ2n) is 6.95. The monoisotopic (exact) mass is 415 g/mol. The molecule has 0 bridgehead atoms. The van der Waals surface area contributed by atoms with Crippen molar-refractivity contribution in [3.05, 3.63) is 42.0 Å². The average Bonchev–Trinajstić information content (AvgIpc) is 3.26. The first-order valence-corrected chi connectivity index (χ1v) is 10.7. The fourth-order valence-electron chi connectivity index (χ4n) is 3.82. The number of amides is 1. The summed E-state index contributed by atoms with van der Waals surface area (Å²) in [5, 5.41) is 0. The summed E-state index contributed by atoms with van der Waals surface area (Å²) in [5.41, 5.74) is 1.03. The van der Waals surface area contributed by atoms with Gasteiger partial charge in [-0.2, -0.15) is 0 Å². The standard InChI is InChI=1S/C22H25NO5S/c1-25-15-5-7-17(20(12-15)26-2)18-4-3-9-23(18)22(24)14-29-16-6-8-19-21(13-16)28-11-10-27-19/h5-8,12-13,18H,3-4,9-11,14H2,1-2H3. The van der Waals surface area contributed by atoms with Crippen LogP contribution in [0.5, 0.6) is 23.0 Å². The maximum atomic E-state index is 13.0. The average molecular weight is 416 g/mol. The third kappa shape index (κ3) is 4.24. The molecular weight excluding hydrogens is 390 g/mol. The molecule has 2 heterocycles. The minimum absolute atomic E-state index is 0.0317. The number of ether oxygens (including phenoxy) is 4. The molecule has 1 amide bonds. The van der Waals surface area contributed by atoms with Crippen molar-refractivity contribution in [1.29, 1.82) is 0 Å². The third-order valence-corrected chi connectivity index (χ3v) is 6.23. The summed E-state index contributed by atoms with van der Waals surface area (Å²) in [6, 6.07) is 11.6. The molecule has 2 aromatic carbocycles. The molecule has 2 aliphatic heterocycles. The number of benzene rings is 2. The van der Waals surface area contributed by atoms with Crippen LogP contribution >= 0.6 is 11.8 Å². The molecule has 1 unspecified atom stereocenters. The molecule has 2 aliphatic rings. The Morgan fingerprint density at radius 3 is 2.72 bits per heavy atom. The van der Waals surface area contributed by atoms with Gasteiger partial charge in [0.2, 0.25) is 5.91 Å². The molecule has 0 saturated carbocycles. The van der Waals surface area contributed by atoms with Gasteiger partial charge in [-0.05, 0) is 43.2 Å². The molecule has 29 heavy (non-hydrogen) atoms. The molecule has 4 rings (SSSR count). The van der Waals surface area contributed by atoms with Crippen LogP contribution in [0.2, 0.25) is 0 Å². The number of likely N-dealkylation sites (tertiary alicyclic amines) is 1. The molecule has 7 heteroatoms. The summed E-state index contributed by atoms with van der Waals surface area (Å²) in [6.45, 7) is 1.89. The normalized spacial score (nSPS) is 17.9. The van der Waals surface area contributed by atoms with Crippen molar-refractivity contribution in [2.24, 2.45) is 0 Å². The Labute approximate surface area is 175 Å². The number of carbonyl (C=O) groups excluding carboxylic acids is 1. The molecule has 0 aromatic heterocycles. The first kappa shape index (κ1) is 19.8. The van der Waals surface area contributed by atoms with E-state index in [1.165, 1.54) is 11.8 Å². The number of fused-ring (bicyclic) bond motifs is 1. The zero-order valence-corrected chi connectivity index (χ0v) is 17.5. The van der Waals surface area contributed by atoms with Crippen LogP contribution in [0.25, 0.3) is 0 Å². The number of carbonyl (C=O) groups is 1. The van der Waals surface area contributed by atoms with E-state index < -0.39 is 0 Å². The highest BCUT2D eigenvalue weighted by atomic mass is 32.2. The molecule has 1 fully saturated rings. The number of thioether (sulfide) groups is 1. The molecule has 1 atom stereocenters. The number of nitrogens with zero attached hydrogens (tertiary/aromatic N) is 1. The van der Waals surface area contributed by atoms with Crippen molar-refractivity contribution in [2.75, 3.05) is 39.7 Å². The van der Waals surface area contributed by atoms with Crippen LogP contribution in [-0.2, 0) is 4.79 Å². The zero-order chi connectivity index (χ0) is 20.2. The van der Waals surface area contributed by atoms with Crippen molar-refractivity contribution in [3.8, 4) is 23.0 Å². The summed E-state index contributed by atoms with van der Waals surface area (Å²) < 4.78 is 22.0. The zero-order valence-electron chi connectivity index (χ0n) is 16.7. The quantitative estimate of drug-likeness (QED) is 0.667. The Morgan fingerprint density at radius 2 is 1.93 bits per heavy atom.